The molecule has 0 aliphatic rings. The average molecular weight is 417 g/mol. The summed E-state index contributed by atoms with van der Waals surface area (Å²) in [6, 6.07) is 19.0. The summed E-state index contributed by atoms with van der Waals surface area (Å²) >= 11 is 0. The molecule has 158 valence electrons. The zero-order valence-corrected chi connectivity index (χ0v) is 16.4. The van der Waals surface area contributed by atoms with Gasteiger partial charge in [-0.25, -0.2) is 0 Å². The Morgan fingerprint density at radius 1 is 1.07 bits per heavy atom. The third kappa shape index (κ3) is 5.27. The zero-order chi connectivity index (χ0) is 21.8. The molecule has 0 aliphatic heterocycles. The third-order valence-electron chi connectivity index (χ3n) is 4.66. The number of aromatic nitrogens is 2. The Morgan fingerprint density at radius 3 is 2.27 bits per heavy atom. The summed E-state index contributed by atoms with van der Waals surface area (Å²) in [7, 11) is 0. The van der Waals surface area contributed by atoms with Crippen molar-refractivity contribution in [3.05, 3.63) is 78.0 Å². The van der Waals surface area contributed by atoms with Gasteiger partial charge in [0, 0.05) is 23.9 Å². The van der Waals surface area contributed by atoms with Crippen molar-refractivity contribution in [2.24, 2.45) is 0 Å². The first-order chi connectivity index (χ1) is 14.2. The van der Waals surface area contributed by atoms with Gasteiger partial charge in [0.1, 0.15) is 0 Å². The maximum absolute atomic E-state index is 12.8. The molecule has 0 spiro atoms. The average Bonchev–Trinajstić information content (AvgIpc) is 3.09. The van der Waals surface area contributed by atoms with E-state index in [1.807, 2.05) is 60.7 Å². The van der Waals surface area contributed by atoms with Gasteiger partial charge in [-0.15, -0.1) is 0 Å². The van der Waals surface area contributed by atoms with Crippen molar-refractivity contribution in [3.8, 4) is 11.3 Å². The molecule has 0 fully saturated rings. The van der Waals surface area contributed by atoms with Gasteiger partial charge in [0.05, 0.1) is 18.7 Å². The molecule has 3 rings (SSSR count). The summed E-state index contributed by atoms with van der Waals surface area (Å²) in [5, 5.41) is 16.6. The van der Waals surface area contributed by atoms with Crippen molar-refractivity contribution in [2.45, 2.75) is 38.2 Å². The van der Waals surface area contributed by atoms with Gasteiger partial charge in [0.25, 0.3) is 0 Å². The summed E-state index contributed by atoms with van der Waals surface area (Å²) in [6.45, 7) is 1.09. The fourth-order valence-electron chi connectivity index (χ4n) is 2.95. The predicted molar refractivity (Wildman–Crippen MR) is 106 cm³/mol. The number of carbonyl (C=O) groups excluding carboxylic acids is 1. The van der Waals surface area contributed by atoms with Gasteiger partial charge >= 0.3 is 6.18 Å². The molecule has 0 saturated carbocycles. The molecular formula is C22H22F3N3O2. The van der Waals surface area contributed by atoms with Crippen LogP contribution < -0.4 is 5.32 Å². The van der Waals surface area contributed by atoms with Crippen LogP contribution in [0.3, 0.4) is 0 Å². The number of carbonyl (C=O) groups is 1. The van der Waals surface area contributed by atoms with Gasteiger partial charge in [-0.3, -0.25) is 9.48 Å². The van der Waals surface area contributed by atoms with E-state index >= 15 is 0 Å². The summed E-state index contributed by atoms with van der Waals surface area (Å²) in [5.41, 5.74) is 0.0791. The highest BCUT2D eigenvalue weighted by molar-refractivity contribution is 5.77. The quantitative estimate of drug-likeness (QED) is 0.612. The monoisotopic (exact) mass is 417 g/mol. The van der Waals surface area contributed by atoms with Crippen LogP contribution in [0, 0.1) is 0 Å². The molecule has 0 radical (unpaired) electrons. The number of nitrogens with one attached hydrogen (secondary N) is 1. The lowest BCUT2D eigenvalue weighted by atomic mass is 10.0. The number of halogens is 3. The zero-order valence-electron chi connectivity index (χ0n) is 16.4. The molecule has 1 heterocycles. The molecule has 8 heteroatoms. The van der Waals surface area contributed by atoms with Gasteiger partial charge in [-0.2, -0.15) is 18.3 Å². The van der Waals surface area contributed by atoms with E-state index in [2.05, 4.69) is 10.4 Å². The van der Waals surface area contributed by atoms with E-state index in [4.69, 9.17) is 0 Å². The van der Waals surface area contributed by atoms with E-state index in [1.165, 1.54) is 0 Å². The Bertz CT molecular complexity index is 984. The number of benzene rings is 2. The smallest absolute Gasteiger partial charge is 0.380 e. The summed E-state index contributed by atoms with van der Waals surface area (Å²) in [6.07, 6.45) is -4.20. The third-order valence-corrected chi connectivity index (χ3v) is 4.66. The SMILES string of the molecule is C[C@@](O)(CC(=O)NCc1cn(Cc2ccccc2)nc1-c1ccccc1)C(F)(F)F. The molecule has 0 bridgehead atoms. The molecule has 1 amide bonds. The second-order valence-corrected chi connectivity index (χ2v) is 7.28. The van der Waals surface area contributed by atoms with Gasteiger partial charge < -0.3 is 10.4 Å². The minimum absolute atomic E-state index is 0.00815. The summed E-state index contributed by atoms with van der Waals surface area (Å²) in [4.78, 5) is 12.0. The van der Waals surface area contributed by atoms with Crippen molar-refractivity contribution in [1.29, 1.82) is 0 Å². The highest BCUT2D eigenvalue weighted by atomic mass is 19.4. The van der Waals surface area contributed by atoms with E-state index in [-0.39, 0.29) is 6.54 Å². The number of alkyl halides is 3. The second kappa shape index (κ2) is 8.71. The molecule has 5 nitrogen and oxygen atoms in total. The summed E-state index contributed by atoms with van der Waals surface area (Å²) < 4.78 is 40.2. The number of nitrogens with zero attached hydrogens (tertiary/aromatic N) is 2. The molecule has 1 atom stereocenters. The molecule has 30 heavy (non-hydrogen) atoms. The van der Waals surface area contributed by atoms with Gasteiger partial charge in [-0.05, 0) is 12.5 Å². The predicted octanol–water partition coefficient (Wildman–Crippen LogP) is 3.92. The Hall–Kier alpha value is -3.13. The van der Waals surface area contributed by atoms with Crippen LogP contribution in [0.4, 0.5) is 13.2 Å². The lowest BCUT2D eigenvalue weighted by Crippen LogP contribution is -2.46. The lowest BCUT2D eigenvalue weighted by Gasteiger charge is -2.25. The number of rotatable bonds is 7. The van der Waals surface area contributed by atoms with Crippen molar-refractivity contribution in [1.82, 2.24) is 15.1 Å². The second-order valence-electron chi connectivity index (χ2n) is 7.28. The van der Waals surface area contributed by atoms with Crippen LogP contribution in [0.2, 0.25) is 0 Å². The number of aliphatic hydroxyl groups is 1. The van der Waals surface area contributed by atoms with Crippen molar-refractivity contribution in [2.75, 3.05) is 0 Å². The van der Waals surface area contributed by atoms with Crippen LogP contribution in [0.15, 0.2) is 66.9 Å². The molecule has 3 aromatic rings. The first kappa shape index (κ1) is 21.6. The van der Waals surface area contributed by atoms with E-state index in [0.717, 1.165) is 11.1 Å². The first-order valence-corrected chi connectivity index (χ1v) is 9.37. The molecule has 2 N–H and O–H groups in total. The number of hydrogen-bond acceptors (Lipinski definition) is 3. The number of amides is 1. The van der Waals surface area contributed by atoms with E-state index in [1.54, 1.807) is 10.9 Å². The lowest BCUT2D eigenvalue weighted by molar-refractivity contribution is -0.253. The van der Waals surface area contributed by atoms with Crippen molar-refractivity contribution < 1.29 is 23.1 Å². The maximum Gasteiger partial charge on any atom is 0.417 e. The fraction of sp³-hybridized carbons (Fsp3) is 0.273. The number of hydrogen-bond donors (Lipinski definition) is 2. The van der Waals surface area contributed by atoms with Crippen LogP contribution in [-0.4, -0.2) is 32.6 Å². The Labute approximate surface area is 172 Å². The molecule has 0 aliphatic carbocycles. The normalized spacial score (nSPS) is 13.6. The largest absolute Gasteiger partial charge is 0.417 e. The molecule has 0 saturated heterocycles. The van der Waals surface area contributed by atoms with Gasteiger partial charge in [-0.1, -0.05) is 60.7 Å². The van der Waals surface area contributed by atoms with E-state index < -0.39 is 24.1 Å². The Balaban J connectivity index is 1.78. The molecular weight excluding hydrogens is 395 g/mol. The van der Waals surface area contributed by atoms with Gasteiger partial charge in [0.15, 0.2) is 5.60 Å². The molecule has 1 aromatic heterocycles. The summed E-state index contributed by atoms with van der Waals surface area (Å²) in [5.74, 6) is -0.896. The Morgan fingerprint density at radius 2 is 1.67 bits per heavy atom. The minimum Gasteiger partial charge on any atom is -0.380 e. The highest BCUT2D eigenvalue weighted by Gasteiger charge is 2.50. The van der Waals surface area contributed by atoms with Crippen LogP contribution >= 0.6 is 0 Å². The van der Waals surface area contributed by atoms with Gasteiger partial charge in [0.2, 0.25) is 5.91 Å². The van der Waals surface area contributed by atoms with E-state index in [0.29, 0.717) is 24.7 Å². The Kier molecular flexibility index (Phi) is 6.26. The van der Waals surface area contributed by atoms with Crippen LogP contribution in [0.25, 0.3) is 11.3 Å². The highest BCUT2D eigenvalue weighted by Crippen LogP contribution is 2.32. The minimum atomic E-state index is -4.89. The molecule has 0 unspecified atom stereocenters. The van der Waals surface area contributed by atoms with Crippen LogP contribution in [-0.2, 0) is 17.9 Å². The van der Waals surface area contributed by atoms with Crippen molar-refractivity contribution in [3.63, 3.8) is 0 Å². The fourth-order valence-corrected chi connectivity index (χ4v) is 2.95. The van der Waals surface area contributed by atoms with E-state index in [9.17, 15) is 23.1 Å². The topological polar surface area (TPSA) is 67.2 Å². The first-order valence-electron chi connectivity index (χ1n) is 9.37. The standard InChI is InChI=1S/C22H22F3N3O2/c1-21(30,22(23,24)25)12-19(29)26-13-18-15-28(14-16-8-4-2-5-9-16)27-20(18)17-10-6-3-7-11-17/h2-11,15,30H,12-14H2,1H3,(H,26,29)/t21-/m1/s1. The maximum atomic E-state index is 12.8. The van der Waals surface area contributed by atoms with Crippen LogP contribution in [0.1, 0.15) is 24.5 Å². The van der Waals surface area contributed by atoms with Crippen molar-refractivity contribution >= 4 is 5.91 Å². The molecule has 2 aromatic carbocycles. The van der Waals surface area contributed by atoms with Crippen LogP contribution in [0.5, 0.6) is 0 Å².